The molecule has 112 valence electrons. The molecule has 1 aromatic rings. The van der Waals surface area contributed by atoms with Gasteiger partial charge in [0.05, 0.1) is 5.41 Å². The first kappa shape index (κ1) is 16.2. The van der Waals surface area contributed by atoms with Gasteiger partial charge < -0.3 is 15.0 Å². The Kier molecular flexibility index (Phi) is 5.73. The molecule has 0 bridgehead atoms. The Morgan fingerprint density at radius 2 is 2.05 bits per heavy atom. The van der Waals surface area contributed by atoms with Crippen LogP contribution in [0.1, 0.15) is 40.0 Å². The van der Waals surface area contributed by atoms with Gasteiger partial charge in [0.25, 0.3) is 5.56 Å². The number of aliphatic carboxylic acids is 1. The molecule has 0 aromatic carbocycles. The van der Waals surface area contributed by atoms with Gasteiger partial charge in [0, 0.05) is 25.5 Å². The standard InChI is InChI=1S/C14H23N3O3/c1-4-8-17-9-7-15-11(12(17)18)16-10-14(5-2,6-3)13(19)20/h7,9H,4-6,8,10H2,1-3H3,(H,15,16)(H,19,20). The van der Waals surface area contributed by atoms with Gasteiger partial charge in [-0.3, -0.25) is 9.59 Å². The largest absolute Gasteiger partial charge is 0.481 e. The van der Waals surface area contributed by atoms with Crippen molar-refractivity contribution in [2.24, 2.45) is 5.41 Å². The average Bonchev–Trinajstić information content (AvgIpc) is 2.44. The van der Waals surface area contributed by atoms with E-state index >= 15 is 0 Å². The summed E-state index contributed by atoms with van der Waals surface area (Å²) >= 11 is 0. The Morgan fingerprint density at radius 1 is 1.40 bits per heavy atom. The van der Waals surface area contributed by atoms with Crippen LogP contribution in [0.2, 0.25) is 0 Å². The van der Waals surface area contributed by atoms with E-state index < -0.39 is 11.4 Å². The van der Waals surface area contributed by atoms with E-state index in [2.05, 4.69) is 10.3 Å². The zero-order valence-corrected chi connectivity index (χ0v) is 12.3. The minimum atomic E-state index is -0.862. The van der Waals surface area contributed by atoms with Crippen LogP contribution in [0.5, 0.6) is 0 Å². The van der Waals surface area contributed by atoms with E-state index in [0.717, 1.165) is 6.42 Å². The zero-order chi connectivity index (χ0) is 15.2. The van der Waals surface area contributed by atoms with Crippen LogP contribution in [0.4, 0.5) is 5.82 Å². The van der Waals surface area contributed by atoms with E-state index in [1.54, 1.807) is 17.0 Å². The average molecular weight is 281 g/mol. The molecule has 0 aliphatic rings. The third kappa shape index (κ3) is 3.37. The number of carboxylic acids is 1. The summed E-state index contributed by atoms with van der Waals surface area (Å²) < 4.78 is 1.58. The maximum absolute atomic E-state index is 12.1. The van der Waals surface area contributed by atoms with Gasteiger partial charge in [0.15, 0.2) is 5.82 Å². The van der Waals surface area contributed by atoms with Crippen molar-refractivity contribution < 1.29 is 9.90 Å². The molecule has 6 heteroatoms. The fourth-order valence-corrected chi connectivity index (χ4v) is 2.12. The van der Waals surface area contributed by atoms with Crippen molar-refractivity contribution in [2.45, 2.75) is 46.6 Å². The Hall–Kier alpha value is -1.85. The molecule has 1 rings (SSSR count). The topological polar surface area (TPSA) is 84.2 Å². The highest BCUT2D eigenvalue weighted by Crippen LogP contribution is 2.26. The molecule has 0 aliphatic heterocycles. The van der Waals surface area contributed by atoms with Crippen molar-refractivity contribution in [3.05, 3.63) is 22.7 Å². The number of hydrogen-bond donors (Lipinski definition) is 2. The summed E-state index contributed by atoms with van der Waals surface area (Å²) in [6.45, 7) is 6.50. The highest BCUT2D eigenvalue weighted by atomic mass is 16.4. The van der Waals surface area contributed by atoms with Crippen LogP contribution in [0.15, 0.2) is 17.2 Å². The lowest BCUT2D eigenvalue weighted by Crippen LogP contribution is -2.38. The summed E-state index contributed by atoms with van der Waals surface area (Å²) in [5.74, 6) is -0.631. The molecular weight excluding hydrogens is 258 g/mol. The number of nitrogens with zero attached hydrogens (tertiary/aromatic N) is 2. The van der Waals surface area contributed by atoms with Crippen LogP contribution >= 0.6 is 0 Å². The quantitative estimate of drug-likeness (QED) is 0.761. The Labute approximate surface area is 118 Å². The molecule has 0 radical (unpaired) electrons. The monoisotopic (exact) mass is 281 g/mol. The van der Waals surface area contributed by atoms with Crippen molar-refractivity contribution in [2.75, 3.05) is 11.9 Å². The lowest BCUT2D eigenvalue weighted by molar-refractivity contribution is -0.148. The summed E-state index contributed by atoms with van der Waals surface area (Å²) in [4.78, 5) is 27.5. The molecule has 0 saturated carbocycles. The van der Waals surface area contributed by atoms with Crippen molar-refractivity contribution in [1.82, 2.24) is 9.55 Å². The Bertz CT molecular complexity index is 507. The Morgan fingerprint density at radius 3 is 2.55 bits per heavy atom. The molecule has 0 aliphatic carbocycles. The lowest BCUT2D eigenvalue weighted by Gasteiger charge is -2.26. The molecule has 0 saturated heterocycles. The number of carbonyl (C=O) groups is 1. The van der Waals surface area contributed by atoms with Crippen LogP contribution in [-0.2, 0) is 11.3 Å². The van der Waals surface area contributed by atoms with E-state index in [1.165, 1.54) is 0 Å². The smallest absolute Gasteiger partial charge is 0.311 e. The molecule has 0 amide bonds. The van der Waals surface area contributed by atoms with Gasteiger partial charge in [0.2, 0.25) is 0 Å². The first-order valence-electron chi connectivity index (χ1n) is 7.03. The molecule has 6 nitrogen and oxygen atoms in total. The number of anilines is 1. The normalized spacial score (nSPS) is 11.3. The predicted octanol–water partition coefficient (Wildman–Crippen LogP) is 1.96. The summed E-state index contributed by atoms with van der Waals surface area (Å²) in [5, 5.41) is 12.3. The molecule has 0 atom stereocenters. The molecule has 0 unspecified atom stereocenters. The van der Waals surface area contributed by atoms with Crippen LogP contribution in [0.25, 0.3) is 0 Å². The number of nitrogens with one attached hydrogen (secondary N) is 1. The van der Waals surface area contributed by atoms with Gasteiger partial charge in [-0.1, -0.05) is 20.8 Å². The van der Waals surface area contributed by atoms with E-state index in [0.29, 0.717) is 19.4 Å². The minimum absolute atomic E-state index is 0.202. The lowest BCUT2D eigenvalue weighted by atomic mass is 9.82. The fourth-order valence-electron chi connectivity index (χ4n) is 2.12. The second-order valence-corrected chi connectivity index (χ2v) is 4.92. The number of aryl methyl sites for hydroxylation is 1. The third-order valence-corrected chi connectivity index (χ3v) is 3.78. The molecular formula is C14H23N3O3. The van der Waals surface area contributed by atoms with E-state index in [9.17, 15) is 14.7 Å². The highest BCUT2D eigenvalue weighted by molar-refractivity contribution is 5.75. The van der Waals surface area contributed by atoms with Crippen LogP contribution < -0.4 is 10.9 Å². The predicted molar refractivity (Wildman–Crippen MR) is 77.9 cm³/mol. The van der Waals surface area contributed by atoms with E-state index in [4.69, 9.17) is 0 Å². The number of aromatic nitrogens is 2. The molecule has 2 N–H and O–H groups in total. The van der Waals surface area contributed by atoms with Crippen LogP contribution in [0.3, 0.4) is 0 Å². The van der Waals surface area contributed by atoms with Gasteiger partial charge in [-0.25, -0.2) is 4.98 Å². The third-order valence-electron chi connectivity index (χ3n) is 3.78. The van der Waals surface area contributed by atoms with Crippen molar-refractivity contribution in [3.63, 3.8) is 0 Å². The zero-order valence-electron chi connectivity index (χ0n) is 12.3. The van der Waals surface area contributed by atoms with Crippen LogP contribution in [0, 0.1) is 5.41 Å². The van der Waals surface area contributed by atoms with Gasteiger partial charge in [-0.05, 0) is 19.3 Å². The SMILES string of the molecule is CCCn1ccnc(NCC(CC)(CC)C(=O)O)c1=O. The van der Waals surface area contributed by atoms with Gasteiger partial charge in [-0.2, -0.15) is 0 Å². The van der Waals surface area contributed by atoms with Crippen LogP contribution in [-0.4, -0.2) is 27.2 Å². The molecule has 1 heterocycles. The van der Waals surface area contributed by atoms with Gasteiger partial charge in [0.1, 0.15) is 0 Å². The molecule has 1 aromatic heterocycles. The summed E-state index contributed by atoms with van der Waals surface area (Å²) in [5.41, 5.74) is -1.07. The Balaban J connectivity index is 2.92. The van der Waals surface area contributed by atoms with E-state index in [-0.39, 0.29) is 17.9 Å². The first-order valence-corrected chi connectivity index (χ1v) is 7.03. The van der Waals surface area contributed by atoms with Gasteiger partial charge in [-0.15, -0.1) is 0 Å². The maximum atomic E-state index is 12.1. The summed E-state index contributed by atoms with van der Waals surface area (Å²) in [7, 11) is 0. The van der Waals surface area contributed by atoms with Crippen molar-refractivity contribution >= 4 is 11.8 Å². The number of carboxylic acid groups (broad SMARTS) is 1. The molecule has 0 fully saturated rings. The van der Waals surface area contributed by atoms with Gasteiger partial charge >= 0.3 is 5.97 Å². The second kappa shape index (κ2) is 7.07. The van der Waals surface area contributed by atoms with Crippen molar-refractivity contribution in [3.8, 4) is 0 Å². The first-order chi connectivity index (χ1) is 9.50. The number of rotatable bonds is 8. The molecule has 20 heavy (non-hydrogen) atoms. The molecule has 0 spiro atoms. The maximum Gasteiger partial charge on any atom is 0.311 e. The highest BCUT2D eigenvalue weighted by Gasteiger charge is 2.34. The minimum Gasteiger partial charge on any atom is -0.481 e. The van der Waals surface area contributed by atoms with E-state index in [1.807, 2.05) is 20.8 Å². The number of hydrogen-bond acceptors (Lipinski definition) is 4. The fraction of sp³-hybridized carbons (Fsp3) is 0.643. The van der Waals surface area contributed by atoms with Crippen molar-refractivity contribution in [1.29, 1.82) is 0 Å². The summed E-state index contributed by atoms with van der Waals surface area (Å²) in [6, 6.07) is 0. The summed E-state index contributed by atoms with van der Waals surface area (Å²) in [6.07, 6.45) is 5.05. The second-order valence-electron chi connectivity index (χ2n) is 4.92.